The molecule has 2 N–H and O–H groups in total. The van der Waals surface area contributed by atoms with Crippen LogP contribution in [0.4, 0.5) is 5.69 Å². The highest BCUT2D eigenvalue weighted by Crippen LogP contribution is 2.29. The number of halogens is 2. The van der Waals surface area contributed by atoms with Gasteiger partial charge >= 0.3 is 0 Å². The van der Waals surface area contributed by atoms with Crippen molar-refractivity contribution in [3.8, 4) is 0 Å². The third kappa shape index (κ3) is 2.59. The van der Waals surface area contributed by atoms with Crippen LogP contribution in [0.1, 0.15) is 21.5 Å². The van der Waals surface area contributed by atoms with E-state index < -0.39 is 0 Å². The van der Waals surface area contributed by atoms with E-state index in [2.05, 4.69) is 6.07 Å². The molecule has 1 aliphatic heterocycles. The SMILES string of the molecule is Nc1cccc2c1CN(C(=O)c1cccc(Cl)c1Cl)CC2. The molecule has 0 fully saturated rings. The van der Waals surface area contributed by atoms with E-state index >= 15 is 0 Å². The number of carbonyl (C=O) groups excluding carboxylic acids is 1. The minimum absolute atomic E-state index is 0.114. The first-order valence-corrected chi connectivity index (χ1v) is 7.43. The predicted molar refractivity (Wildman–Crippen MR) is 85.8 cm³/mol. The standard InChI is InChI=1S/C16H14Cl2N2O/c17-13-5-2-4-11(15(13)18)16(21)20-8-7-10-3-1-6-14(19)12(10)9-20/h1-6H,7-9,19H2. The van der Waals surface area contributed by atoms with Crippen LogP contribution in [0.5, 0.6) is 0 Å². The summed E-state index contributed by atoms with van der Waals surface area (Å²) < 4.78 is 0. The van der Waals surface area contributed by atoms with Gasteiger partial charge in [-0.2, -0.15) is 0 Å². The van der Waals surface area contributed by atoms with Crippen molar-refractivity contribution in [3.63, 3.8) is 0 Å². The number of amides is 1. The Morgan fingerprint density at radius 1 is 1.14 bits per heavy atom. The highest BCUT2D eigenvalue weighted by atomic mass is 35.5. The number of hydrogen-bond donors (Lipinski definition) is 1. The van der Waals surface area contributed by atoms with E-state index in [0.29, 0.717) is 28.7 Å². The second-order valence-electron chi connectivity index (χ2n) is 5.06. The van der Waals surface area contributed by atoms with Gasteiger partial charge in [0.2, 0.25) is 0 Å². The molecule has 0 unspecified atom stereocenters. The summed E-state index contributed by atoms with van der Waals surface area (Å²) >= 11 is 12.1. The van der Waals surface area contributed by atoms with Crippen LogP contribution in [0.3, 0.4) is 0 Å². The predicted octanol–water partition coefficient (Wildman–Crippen LogP) is 3.77. The fraction of sp³-hybridized carbons (Fsp3) is 0.188. The maximum absolute atomic E-state index is 12.6. The average molecular weight is 321 g/mol. The highest BCUT2D eigenvalue weighted by molar-refractivity contribution is 6.43. The Morgan fingerprint density at radius 3 is 2.71 bits per heavy atom. The van der Waals surface area contributed by atoms with Gasteiger partial charge in [-0.3, -0.25) is 4.79 Å². The van der Waals surface area contributed by atoms with Gasteiger partial charge in [-0.1, -0.05) is 41.4 Å². The molecule has 1 aliphatic rings. The van der Waals surface area contributed by atoms with Gasteiger partial charge < -0.3 is 10.6 Å². The molecule has 3 nitrogen and oxygen atoms in total. The Balaban J connectivity index is 1.91. The fourth-order valence-corrected chi connectivity index (χ4v) is 3.00. The fourth-order valence-electron chi connectivity index (χ4n) is 2.62. The number of fused-ring (bicyclic) bond motifs is 1. The number of nitrogens with two attached hydrogens (primary N) is 1. The van der Waals surface area contributed by atoms with Crippen LogP contribution < -0.4 is 5.73 Å². The lowest BCUT2D eigenvalue weighted by Crippen LogP contribution is -2.36. The summed E-state index contributed by atoms with van der Waals surface area (Å²) in [4.78, 5) is 14.4. The normalized spacial score (nSPS) is 13.9. The van der Waals surface area contributed by atoms with Crippen LogP contribution in [0.2, 0.25) is 10.0 Å². The Bertz CT molecular complexity index is 715. The van der Waals surface area contributed by atoms with Gasteiger partial charge in [-0.25, -0.2) is 0 Å². The van der Waals surface area contributed by atoms with Crippen molar-refractivity contribution in [1.82, 2.24) is 4.90 Å². The number of hydrogen-bond acceptors (Lipinski definition) is 2. The Morgan fingerprint density at radius 2 is 1.90 bits per heavy atom. The Hall–Kier alpha value is -1.71. The van der Waals surface area contributed by atoms with E-state index in [1.54, 1.807) is 23.1 Å². The summed E-state index contributed by atoms with van der Waals surface area (Å²) in [6.07, 6.45) is 0.796. The van der Waals surface area contributed by atoms with Crippen molar-refractivity contribution in [2.45, 2.75) is 13.0 Å². The third-order valence-electron chi connectivity index (χ3n) is 3.78. The average Bonchev–Trinajstić information content (AvgIpc) is 2.49. The van der Waals surface area contributed by atoms with E-state index in [1.165, 1.54) is 5.56 Å². The zero-order chi connectivity index (χ0) is 15.0. The summed E-state index contributed by atoms with van der Waals surface area (Å²) in [5.41, 5.74) is 9.40. The Labute approximate surface area is 133 Å². The molecule has 1 amide bonds. The van der Waals surface area contributed by atoms with Gasteiger partial charge in [0, 0.05) is 18.8 Å². The molecule has 0 saturated heterocycles. The van der Waals surface area contributed by atoms with Gasteiger partial charge in [0.1, 0.15) is 0 Å². The van der Waals surface area contributed by atoms with Crippen molar-refractivity contribution in [1.29, 1.82) is 0 Å². The monoisotopic (exact) mass is 320 g/mol. The molecule has 2 aromatic carbocycles. The van der Waals surface area contributed by atoms with Crippen LogP contribution in [0, 0.1) is 0 Å². The maximum atomic E-state index is 12.6. The van der Waals surface area contributed by atoms with Gasteiger partial charge in [-0.15, -0.1) is 0 Å². The van der Waals surface area contributed by atoms with Gasteiger partial charge in [0.15, 0.2) is 0 Å². The summed E-state index contributed by atoms with van der Waals surface area (Å²) in [6.45, 7) is 1.15. The highest BCUT2D eigenvalue weighted by Gasteiger charge is 2.24. The zero-order valence-electron chi connectivity index (χ0n) is 11.3. The number of anilines is 1. The second kappa shape index (κ2) is 5.58. The number of rotatable bonds is 1. The molecule has 21 heavy (non-hydrogen) atoms. The number of nitrogen functional groups attached to an aromatic ring is 1. The minimum atomic E-state index is -0.114. The lowest BCUT2D eigenvalue weighted by molar-refractivity contribution is 0.0735. The molecule has 0 atom stereocenters. The lowest BCUT2D eigenvalue weighted by atomic mass is 9.97. The van der Waals surface area contributed by atoms with Gasteiger partial charge in [-0.05, 0) is 35.7 Å². The van der Waals surface area contributed by atoms with Crippen LogP contribution >= 0.6 is 23.2 Å². The van der Waals surface area contributed by atoms with E-state index in [-0.39, 0.29) is 5.91 Å². The van der Waals surface area contributed by atoms with Crippen LogP contribution in [-0.4, -0.2) is 17.4 Å². The number of benzene rings is 2. The molecule has 5 heteroatoms. The molecular weight excluding hydrogens is 307 g/mol. The smallest absolute Gasteiger partial charge is 0.255 e. The molecule has 2 aromatic rings. The van der Waals surface area contributed by atoms with E-state index in [0.717, 1.165) is 17.7 Å². The summed E-state index contributed by atoms with van der Waals surface area (Å²) in [5.74, 6) is -0.114. The summed E-state index contributed by atoms with van der Waals surface area (Å²) in [5, 5.41) is 0.690. The van der Waals surface area contributed by atoms with Crippen molar-refractivity contribution in [2.24, 2.45) is 0 Å². The number of nitrogens with zero attached hydrogens (tertiary/aromatic N) is 1. The molecule has 0 aromatic heterocycles. The maximum Gasteiger partial charge on any atom is 0.255 e. The molecular formula is C16H14Cl2N2O. The molecule has 0 spiro atoms. The molecule has 0 radical (unpaired) electrons. The molecule has 0 saturated carbocycles. The van der Waals surface area contributed by atoms with E-state index in [1.807, 2.05) is 12.1 Å². The van der Waals surface area contributed by atoms with E-state index in [4.69, 9.17) is 28.9 Å². The first-order chi connectivity index (χ1) is 10.1. The molecule has 0 bridgehead atoms. The molecule has 1 heterocycles. The molecule has 3 rings (SSSR count). The zero-order valence-corrected chi connectivity index (χ0v) is 12.8. The quantitative estimate of drug-likeness (QED) is 0.813. The third-order valence-corrected chi connectivity index (χ3v) is 4.60. The van der Waals surface area contributed by atoms with Crippen molar-refractivity contribution in [2.75, 3.05) is 12.3 Å². The minimum Gasteiger partial charge on any atom is -0.398 e. The lowest BCUT2D eigenvalue weighted by Gasteiger charge is -2.30. The summed E-state index contributed by atoms with van der Waals surface area (Å²) in [7, 11) is 0. The topological polar surface area (TPSA) is 46.3 Å². The molecule has 108 valence electrons. The number of carbonyl (C=O) groups is 1. The van der Waals surface area contributed by atoms with Gasteiger partial charge in [0.05, 0.1) is 15.6 Å². The van der Waals surface area contributed by atoms with Crippen LogP contribution in [0.25, 0.3) is 0 Å². The van der Waals surface area contributed by atoms with Gasteiger partial charge in [0.25, 0.3) is 5.91 Å². The van der Waals surface area contributed by atoms with Crippen molar-refractivity contribution in [3.05, 3.63) is 63.1 Å². The first-order valence-electron chi connectivity index (χ1n) is 6.67. The molecule has 0 aliphatic carbocycles. The largest absolute Gasteiger partial charge is 0.398 e. The first kappa shape index (κ1) is 14.2. The van der Waals surface area contributed by atoms with Crippen molar-refractivity contribution >= 4 is 34.8 Å². The van der Waals surface area contributed by atoms with E-state index in [9.17, 15) is 4.79 Å². The second-order valence-corrected chi connectivity index (χ2v) is 5.85. The summed E-state index contributed by atoms with van der Waals surface area (Å²) in [6, 6.07) is 11.0. The van der Waals surface area contributed by atoms with Crippen LogP contribution in [0.15, 0.2) is 36.4 Å². The Kier molecular flexibility index (Phi) is 3.79. The van der Waals surface area contributed by atoms with Crippen LogP contribution in [-0.2, 0) is 13.0 Å². The van der Waals surface area contributed by atoms with Crippen molar-refractivity contribution < 1.29 is 4.79 Å².